The summed E-state index contributed by atoms with van der Waals surface area (Å²) in [6.45, 7) is 10.7. The van der Waals surface area contributed by atoms with Crippen molar-refractivity contribution < 1.29 is 4.74 Å². The van der Waals surface area contributed by atoms with Gasteiger partial charge in [0, 0.05) is 31.2 Å². The van der Waals surface area contributed by atoms with Crippen molar-refractivity contribution in [3.8, 4) is 5.75 Å². The maximum atomic E-state index is 5.98. The summed E-state index contributed by atoms with van der Waals surface area (Å²) in [5.41, 5.74) is 1.14. The summed E-state index contributed by atoms with van der Waals surface area (Å²) in [5, 5.41) is 6.73. The van der Waals surface area contributed by atoms with E-state index in [2.05, 4.69) is 49.4 Å². The molecule has 6 heteroatoms. The molecule has 2 rings (SSSR count). The number of aliphatic imine (C=N–C) groups is 1. The maximum Gasteiger partial charge on any atom is 0.191 e. The van der Waals surface area contributed by atoms with Gasteiger partial charge >= 0.3 is 0 Å². The highest BCUT2D eigenvalue weighted by Gasteiger charge is 2.22. The number of hydrogen-bond donors (Lipinski definition) is 2. The Balaban J connectivity index is 0.00000338. The van der Waals surface area contributed by atoms with Crippen LogP contribution in [-0.2, 0) is 6.54 Å². The number of para-hydroxylation sites is 1. The monoisotopic (exact) mass is 474 g/mol. The predicted octanol–water partition coefficient (Wildman–Crippen LogP) is 3.49. The lowest BCUT2D eigenvalue weighted by Crippen LogP contribution is -2.42. The van der Waals surface area contributed by atoms with Crippen LogP contribution in [0.25, 0.3) is 0 Å². The minimum atomic E-state index is 0. The van der Waals surface area contributed by atoms with Crippen molar-refractivity contribution in [3.63, 3.8) is 0 Å². The molecule has 0 aromatic heterocycles. The van der Waals surface area contributed by atoms with Crippen LogP contribution in [-0.4, -0.2) is 50.2 Å². The van der Waals surface area contributed by atoms with Crippen LogP contribution in [0, 0.1) is 5.92 Å². The Morgan fingerprint density at radius 2 is 2.00 bits per heavy atom. The number of ether oxygens (including phenoxy) is 1. The molecular formula is C20H35IN4O. The molecule has 2 N–H and O–H groups in total. The Bertz CT molecular complexity index is 546. The number of halogens is 1. The van der Waals surface area contributed by atoms with Crippen LogP contribution in [0.5, 0.6) is 5.75 Å². The summed E-state index contributed by atoms with van der Waals surface area (Å²) in [6.07, 6.45) is 2.61. The second-order valence-electron chi connectivity index (χ2n) is 7.06. The molecular weight excluding hydrogens is 439 g/mol. The molecule has 26 heavy (non-hydrogen) atoms. The van der Waals surface area contributed by atoms with Gasteiger partial charge in [-0.25, -0.2) is 4.99 Å². The van der Waals surface area contributed by atoms with E-state index in [-0.39, 0.29) is 24.0 Å². The molecule has 1 aliphatic carbocycles. The second-order valence-corrected chi connectivity index (χ2v) is 7.06. The van der Waals surface area contributed by atoms with Crippen LogP contribution in [0.4, 0.5) is 0 Å². The van der Waals surface area contributed by atoms with Crippen molar-refractivity contribution in [2.24, 2.45) is 10.9 Å². The van der Waals surface area contributed by atoms with E-state index in [1.165, 1.54) is 12.8 Å². The van der Waals surface area contributed by atoms with Gasteiger partial charge in [0.1, 0.15) is 5.75 Å². The minimum Gasteiger partial charge on any atom is -0.493 e. The predicted molar refractivity (Wildman–Crippen MR) is 121 cm³/mol. The van der Waals surface area contributed by atoms with E-state index in [1.54, 1.807) is 0 Å². The number of nitrogens with zero attached hydrogens (tertiary/aromatic N) is 2. The third-order valence-corrected chi connectivity index (χ3v) is 4.53. The van der Waals surface area contributed by atoms with E-state index in [9.17, 15) is 0 Å². The van der Waals surface area contributed by atoms with Gasteiger partial charge in [-0.1, -0.05) is 18.2 Å². The molecule has 0 heterocycles. The average molecular weight is 474 g/mol. The Morgan fingerprint density at radius 3 is 2.65 bits per heavy atom. The largest absolute Gasteiger partial charge is 0.493 e. The van der Waals surface area contributed by atoms with E-state index in [4.69, 9.17) is 9.73 Å². The lowest BCUT2D eigenvalue weighted by Gasteiger charge is -2.21. The second kappa shape index (κ2) is 12.4. The van der Waals surface area contributed by atoms with Crippen LogP contribution in [0.15, 0.2) is 29.3 Å². The molecule has 148 valence electrons. The molecule has 1 fully saturated rings. The van der Waals surface area contributed by atoms with Crippen LogP contribution in [0.3, 0.4) is 0 Å². The first-order chi connectivity index (χ1) is 12.1. The summed E-state index contributed by atoms with van der Waals surface area (Å²) >= 11 is 0. The third-order valence-electron chi connectivity index (χ3n) is 4.53. The number of nitrogens with one attached hydrogen (secondary N) is 2. The fourth-order valence-electron chi connectivity index (χ4n) is 2.38. The zero-order valence-electron chi connectivity index (χ0n) is 16.6. The summed E-state index contributed by atoms with van der Waals surface area (Å²) < 4.78 is 5.98. The molecule has 1 aromatic carbocycles. The number of hydrogen-bond acceptors (Lipinski definition) is 3. The molecule has 5 nitrogen and oxygen atoms in total. The van der Waals surface area contributed by atoms with Gasteiger partial charge in [0.25, 0.3) is 0 Å². The van der Waals surface area contributed by atoms with Gasteiger partial charge in [0.2, 0.25) is 0 Å². The molecule has 0 radical (unpaired) electrons. The van der Waals surface area contributed by atoms with Gasteiger partial charge in [0.15, 0.2) is 5.96 Å². The summed E-state index contributed by atoms with van der Waals surface area (Å²) in [7, 11) is 2.14. The van der Waals surface area contributed by atoms with Crippen molar-refractivity contribution >= 4 is 29.9 Å². The Labute approximate surface area is 176 Å². The first-order valence-corrected chi connectivity index (χ1v) is 9.53. The Morgan fingerprint density at radius 1 is 1.27 bits per heavy atom. The van der Waals surface area contributed by atoms with Crippen LogP contribution < -0.4 is 15.4 Å². The Kier molecular flexibility index (Phi) is 11.0. The molecule has 0 atom stereocenters. The maximum absolute atomic E-state index is 5.98. The molecule has 0 amide bonds. The van der Waals surface area contributed by atoms with Gasteiger partial charge in [-0.2, -0.15) is 0 Å². The molecule has 1 aromatic rings. The van der Waals surface area contributed by atoms with Crippen molar-refractivity contribution in [2.75, 3.05) is 33.3 Å². The fraction of sp³-hybridized carbons (Fsp3) is 0.650. The van der Waals surface area contributed by atoms with Gasteiger partial charge < -0.3 is 20.3 Å². The van der Waals surface area contributed by atoms with E-state index in [1.807, 2.05) is 18.2 Å². The minimum absolute atomic E-state index is 0. The van der Waals surface area contributed by atoms with Crippen molar-refractivity contribution in [1.29, 1.82) is 0 Å². The van der Waals surface area contributed by atoms with Crippen LogP contribution in [0.2, 0.25) is 0 Å². The first kappa shape index (κ1) is 23.0. The smallest absolute Gasteiger partial charge is 0.191 e. The molecule has 0 aliphatic heterocycles. The van der Waals surface area contributed by atoms with Gasteiger partial charge in [-0.05, 0) is 52.6 Å². The first-order valence-electron chi connectivity index (χ1n) is 9.53. The third kappa shape index (κ3) is 8.58. The lowest BCUT2D eigenvalue weighted by molar-refractivity contribution is 0.278. The number of benzene rings is 1. The summed E-state index contributed by atoms with van der Waals surface area (Å²) in [6, 6.07) is 8.78. The molecule has 0 bridgehead atoms. The quantitative estimate of drug-likeness (QED) is 0.310. The van der Waals surface area contributed by atoms with Gasteiger partial charge in [0.05, 0.1) is 13.2 Å². The van der Waals surface area contributed by atoms with E-state index < -0.39 is 0 Å². The normalized spacial score (nSPS) is 14.3. The highest BCUT2D eigenvalue weighted by Crippen LogP contribution is 2.30. The molecule has 1 saturated carbocycles. The highest BCUT2D eigenvalue weighted by molar-refractivity contribution is 14.0. The van der Waals surface area contributed by atoms with Crippen molar-refractivity contribution in [2.45, 2.75) is 46.2 Å². The lowest BCUT2D eigenvalue weighted by atomic mass is 10.2. The van der Waals surface area contributed by atoms with Crippen molar-refractivity contribution in [1.82, 2.24) is 15.5 Å². The summed E-state index contributed by atoms with van der Waals surface area (Å²) in [4.78, 5) is 7.04. The molecule has 0 unspecified atom stereocenters. The zero-order valence-corrected chi connectivity index (χ0v) is 19.0. The van der Waals surface area contributed by atoms with Gasteiger partial charge in [-0.15, -0.1) is 24.0 Å². The number of likely N-dealkylation sites (N-methyl/N-ethyl adjacent to an activating group) is 1. The fourth-order valence-corrected chi connectivity index (χ4v) is 2.38. The topological polar surface area (TPSA) is 48.9 Å². The van der Waals surface area contributed by atoms with Crippen molar-refractivity contribution in [3.05, 3.63) is 29.8 Å². The molecule has 1 aliphatic rings. The van der Waals surface area contributed by atoms with Crippen LogP contribution in [0.1, 0.15) is 39.2 Å². The standard InChI is InChI=1S/C20H34N4O.HI/c1-5-21-20(22-12-13-24(4)16(2)3)23-14-18-8-6-7-9-19(18)25-15-17-10-11-17;/h6-9,16-17H,5,10-15H2,1-4H3,(H2,21,22,23);1H. The summed E-state index contributed by atoms with van der Waals surface area (Å²) in [5.74, 6) is 2.58. The molecule has 0 saturated heterocycles. The van der Waals surface area contributed by atoms with E-state index >= 15 is 0 Å². The van der Waals surface area contributed by atoms with E-state index in [0.29, 0.717) is 12.6 Å². The van der Waals surface area contributed by atoms with Crippen LogP contribution >= 0.6 is 24.0 Å². The Hall–Kier alpha value is -1.02. The van der Waals surface area contributed by atoms with E-state index in [0.717, 1.165) is 49.4 Å². The SMILES string of the molecule is CCNC(=NCc1ccccc1OCC1CC1)NCCN(C)C(C)C.I. The zero-order chi connectivity index (χ0) is 18.1. The van der Waals surface area contributed by atoms with Gasteiger partial charge in [-0.3, -0.25) is 0 Å². The number of guanidine groups is 1. The highest BCUT2D eigenvalue weighted by atomic mass is 127. The number of rotatable bonds is 10. The average Bonchev–Trinajstić information content (AvgIpc) is 3.42. The molecule has 0 spiro atoms.